The van der Waals surface area contributed by atoms with Gasteiger partial charge in [0.2, 0.25) is 0 Å². The molecule has 0 spiro atoms. The van der Waals surface area contributed by atoms with E-state index in [0.29, 0.717) is 10.6 Å². The van der Waals surface area contributed by atoms with Gasteiger partial charge in [0.1, 0.15) is 6.21 Å². The van der Waals surface area contributed by atoms with Gasteiger partial charge in [0.25, 0.3) is 5.84 Å². The maximum Gasteiger partial charge on any atom is 0.280 e. The summed E-state index contributed by atoms with van der Waals surface area (Å²) in [5.74, 6) is 0.846. The Morgan fingerprint density at radius 1 is 1.11 bits per heavy atom. The van der Waals surface area contributed by atoms with Crippen molar-refractivity contribution in [2.75, 3.05) is 49.7 Å². The summed E-state index contributed by atoms with van der Waals surface area (Å²) in [6.45, 7) is 6.14. The molecule has 2 fully saturated rings. The van der Waals surface area contributed by atoms with Crippen molar-refractivity contribution >= 4 is 39.4 Å². The van der Waals surface area contributed by atoms with E-state index in [9.17, 15) is 0 Å². The molecule has 0 saturated carbocycles. The largest absolute Gasteiger partial charge is 0.378 e. The van der Waals surface area contributed by atoms with Gasteiger partial charge in [-0.15, -0.1) is 4.59 Å². The molecule has 1 atom stereocenters. The Morgan fingerprint density at radius 3 is 2.59 bits per heavy atom. The fourth-order valence-corrected chi connectivity index (χ4v) is 4.24. The predicted octanol–water partition coefficient (Wildman–Crippen LogP) is 2.51. The van der Waals surface area contributed by atoms with Crippen LogP contribution in [0.4, 0.5) is 11.4 Å². The van der Waals surface area contributed by atoms with Gasteiger partial charge in [-0.1, -0.05) is 0 Å². The van der Waals surface area contributed by atoms with E-state index < -0.39 is 0 Å². The first-order chi connectivity index (χ1) is 13.2. The second-order valence-corrected chi connectivity index (χ2v) is 7.96. The van der Waals surface area contributed by atoms with E-state index in [0.717, 1.165) is 55.5 Å². The van der Waals surface area contributed by atoms with Gasteiger partial charge in [0, 0.05) is 31.9 Å². The predicted molar refractivity (Wildman–Crippen MR) is 111 cm³/mol. The van der Waals surface area contributed by atoms with E-state index in [2.05, 4.69) is 65.4 Å². The monoisotopic (exact) mass is 429 g/mol. The number of quaternary nitrogens is 1. The molecule has 1 N–H and O–H groups in total. The average molecular weight is 430 g/mol. The van der Waals surface area contributed by atoms with Gasteiger partial charge in [-0.2, -0.15) is 4.99 Å². The van der Waals surface area contributed by atoms with Crippen LogP contribution < -0.4 is 10.3 Å². The highest BCUT2D eigenvalue weighted by molar-refractivity contribution is 9.11. The van der Waals surface area contributed by atoms with Crippen molar-refractivity contribution in [3.63, 3.8) is 0 Å². The average Bonchev–Trinajstić information content (AvgIpc) is 3.04. The van der Waals surface area contributed by atoms with Crippen molar-refractivity contribution < 1.29 is 9.33 Å². The molecule has 0 radical (unpaired) electrons. The van der Waals surface area contributed by atoms with Crippen molar-refractivity contribution in [2.24, 2.45) is 9.98 Å². The summed E-state index contributed by atoms with van der Waals surface area (Å²) in [6, 6.07) is 9.28. The van der Waals surface area contributed by atoms with Crippen LogP contribution in [-0.2, 0) is 4.74 Å². The summed E-state index contributed by atoms with van der Waals surface area (Å²) in [4.78, 5) is 13.7. The number of hydrogen-bond donors (Lipinski definition) is 1. The number of rotatable bonds is 4. The molecule has 1 unspecified atom stereocenters. The molecule has 2 saturated heterocycles. The zero-order chi connectivity index (χ0) is 18.3. The number of halogens is 1. The van der Waals surface area contributed by atoms with Gasteiger partial charge in [-0.25, -0.2) is 10.4 Å². The van der Waals surface area contributed by atoms with Gasteiger partial charge in [-0.05, 0) is 40.2 Å². The fourth-order valence-electron chi connectivity index (χ4n) is 3.81. The van der Waals surface area contributed by atoms with Crippen molar-refractivity contribution in [3.05, 3.63) is 47.5 Å². The molecule has 4 heterocycles. The Morgan fingerprint density at radius 2 is 1.89 bits per heavy atom. The fraction of sp³-hybridized carbons (Fsp3) is 0.368. The lowest BCUT2D eigenvalue weighted by Gasteiger charge is -2.43. The molecule has 4 aliphatic rings. The Bertz CT molecular complexity index is 836. The molecule has 0 bridgehead atoms. The van der Waals surface area contributed by atoms with Crippen molar-refractivity contribution in [1.29, 1.82) is 0 Å². The van der Waals surface area contributed by atoms with Crippen molar-refractivity contribution in [3.8, 4) is 0 Å². The minimum atomic E-state index is 0.339. The van der Waals surface area contributed by atoms with E-state index in [4.69, 9.17) is 4.74 Å². The second kappa shape index (κ2) is 6.87. The minimum absolute atomic E-state index is 0.339. The molecule has 4 aliphatic heterocycles. The number of nitrogens with zero attached hydrogens (tertiary/aromatic N) is 5. The molecule has 1 aromatic carbocycles. The number of anilines is 2. The van der Waals surface area contributed by atoms with E-state index in [-0.39, 0.29) is 0 Å². The van der Waals surface area contributed by atoms with Crippen LogP contribution in [0.15, 0.2) is 57.5 Å². The summed E-state index contributed by atoms with van der Waals surface area (Å²) in [6.07, 6.45) is 7.56. The number of amidine groups is 1. The number of aliphatic imine (C=N–C) groups is 2. The first-order valence-corrected chi connectivity index (χ1v) is 10.0. The van der Waals surface area contributed by atoms with Crippen LogP contribution in [0.25, 0.3) is 0 Å². The van der Waals surface area contributed by atoms with Crippen LogP contribution >= 0.6 is 15.9 Å². The van der Waals surface area contributed by atoms with Crippen molar-refractivity contribution in [2.45, 2.75) is 6.04 Å². The molecule has 140 valence electrons. The van der Waals surface area contributed by atoms with Crippen LogP contribution in [0.1, 0.15) is 0 Å². The summed E-state index contributed by atoms with van der Waals surface area (Å²) >= 11 is 3.46. The van der Waals surface area contributed by atoms with Crippen LogP contribution in [0.5, 0.6) is 0 Å². The maximum atomic E-state index is 5.32. The third-order valence-corrected chi connectivity index (χ3v) is 5.91. The zero-order valence-corrected chi connectivity index (χ0v) is 16.5. The van der Waals surface area contributed by atoms with Gasteiger partial charge < -0.3 is 9.64 Å². The van der Waals surface area contributed by atoms with Gasteiger partial charge >= 0.3 is 0 Å². The molecule has 0 aromatic heterocycles. The highest BCUT2D eigenvalue weighted by atomic mass is 79.9. The lowest BCUT2D eigenvalue weighted by Crippen LogP contribution is -2.56. The van der Waals surface area contributed by atoms with Gasteiger partial charge in [0.15, 0.2) is 17.0 Å². The van der Waals surface area contributed by atoms with E-state index >= 15 is 0 Å². The molecular weight excluding hydrogens is 408 g/mol. The molecule has 27 heavy (non-hydrogen) atoms. The standard InChI is InChI=1S/C19H22BrN6O/c20-18-12-26(10-5-21-19(26)11-22-18)23-15-1-3-16(4-2-15)24-6-8-25(9-7-24)17-13-27-14-17/h1-5,10-12,17,23H,6-9,13-14H2/q+1. The Kier molecular flexibility index (Phi) is 4.35. The normalized spacial score (nSPS) is 27.8. The highest BCUT2D eigenvalue weighted by Crippen LogP contribution is 2.28. The molecule has 0 aliphatic carbocycles. The van der Waals surface area contributed by atoms with Crippen LogP contribution in [-0.4, -0.2) is 67.0 Å². The van der Waals surface area contributed by atoms with Gasteiger partial charge in [-0.3, -0.25) is 4.90 Å². The van der Waals surface area contributed by atoms with Crippen molar-refractivity contribution in [1.82, 2.24) is 4.90 Å². The maximum absolute atomic E-state index is 5.32. The molecule has 5 rings (SSSR count). The topological polar surface area (TPSA) is 52.5 Å². The quantitative estimate of drug-likeness (QED) is 0.589. The highest BCUT2D eigenvalue weighted by Gasteiger charge is 2.37. The lowest BCUT2D eigenvalue weighted by atomic mass is 10.1. The SMILES string of the molecule is BrC1=C[N+]2(Nc3ccc(N4CCN(C5COC5)CC4)cc3)C=CN=C2C=N1. The molecule has 0 amide bonds. The zero-order valence-electron chi connectivity index (χ0n) is 15.0. The van der Waals surface area contributed by atoms with Gasteiger partial charge in [0.05, 0.1) is 31.1 Å². The summed E-state index contributed by atoms with van der Waals surface area (Å²) in [5.41, 5.74) is 5.84. The smallest absolute Gasteiger partial charge is 0.280 e. The number of piperazine rings is 1. The summed E-state index contributed by atoms with van der Waals surface area (Å²) < 4.78 is 6.44. The Balaban J connectivity index is 1.25. The lowest BCUT2D eigenvalue weighted by molar-refractivity contribution is -0.700. The third kappa shape index (κ3) is 3.23. The first kappa shape index (κ1) is 17.1. The summed E-state index contributed by atoms with van der Waals surface area (Å²) in [5, 5.41) is 0. The number of ether oxygens (including phenoxy) is 1. The van der Waals surface area contributed by atoms with E-state index in [1.807, 2.05) is 12.4 Å². The van der Waals surface area contributed by atoms with Crippen LogP contribution in [0, 0.1) is 0 Å². The number of fused-ring (bicyclic) bond motifs is 1. The molecule has 1 aromatic rings. The number of benzene rings is 1. The number of hydrogen-bond acceptors (Lipinski definition) is 6. The Hall–Kier alpha value is -2.00. The van der Waals surface area contributed by atoms with E-state index in [1.54, 1.807) is 12.4 Å². The first-order valence-electron chi connectivity index (χ1n) is 9.24. The minimum Gasteiger partial charge on any atom is -0.378 e. The molecule has 8 heteroatoms. The van der Waals surface area contributed by atoms with E-state index in [1.165, 1.54) is 5.69 Å². The van der Waals surface area contributed by atoms with Crippen LogP contribution in [0.3, 0.4) is 0 Å². The second-order valence-electron chi connectivity index (χ2n) is 7.15. The molecule has 7 nitrogen and oxygen atoms in total. The third-order valence-electron chi connectivity index (χ3n) is 5.50. The summed E-state index contributed by atoms with van der Waals surface area (Å²) in [7, 11) is 0. The van der Waals surface area contributed by atoms with Crippen LogP contribution in [0.2, 0.25) is 0 Å². The number of nitrogens with one attached hydrogen (secondary N) is 1. The Labute approximate surface area is 167 Å². The molecular formula is C19H22BrN6O+.